The van der Waals surface area contributed by atoms with Gasteiger partial charge in [-0.1, -0.05) is 29.8 Å². The number of hydrogen-bond donors (Lipinski definition) is 2. The van der Waals surface area contributed by atoms with Crippen molar-refractivity contribution in [1.29, 1.82) is 0 Å². The summed E-state index contributed by atoms with van der Waals surface area (Å²) in [5, 5.41) is 12.2. The van der Waals surface area contributed by atoms with E-state index in [1.165, 1.54) is 27.5 Å². The van der Waals surface area contributed by atoms with Crippen LogP contribution in [0.15, 0.2) is 82.5 Å². The average Bonchev–Trinajstić information content (AvgIpc) is 2.84. The molecule has 2 N–H and O–H groups in total. The molecular formula is C26H24N4O5. The SMILES string of the molecule is CCn1c(=O)cc(Nc2ccc(Oc3ccnc(C(=O)O)c3)cc2)n(Cc2ccc(C)cc2)c1=O. The average molecular weight is 473 g/mol. The summed E-state index contributed by atoms with van der Waals surface area (Å²) in [6.07, 6.45) is 1.36. The molecule has 2 heterocycles. The highest BCUT2D eigenvalue weighted by Crippen LogP contribution is 2.24. The third-order valence-electron chi connectivity index (χ3n) is 5.37. The minimum atomic E-state index is -1.14. The lowest BCUT2D eigenvalue weighted by Gasteiger charge is -2.17. The smallest absolute Gasteiger partial charge is 0.354 e. The summed E-state index contributed by atoms with van der Waals surface area (Å²) >= 11 is 0. The fourth-order valence-corrected chi connectivity index (χ4v) is 3.52. The molecule has 0 spiro atoms. The Morgan fingerprint density at radius 1 is 0.971 bits per heavy atom. The molecule has 0 saturated carbocycles. The topological polar surface area (TPSA) is 115 Å². The van der Waals surface area contributed by atoms with Crippen molar-refractivity contribution < 1.29 is 14.6 Å². The van der Waals surface area contributed by atoms with E-state index in [4.69, 9.17) is 9.84 Å². The number of carboxylic acids is 1. The lowest BCUT2D eigenvalue weighted by atomic mass is 10.1. The van der Waals surface area contributed by atoms with Gasteiger partial charge in [0.1, 0.15) is 17.3 Å². The number of carboxylic acid groups (broad SMARTS) is 1. The summed E-state index contributed by atoms with van der Waals surface area (Å²) in [6, 6.07) is 19.0. The van der Waals surface area contributed by atoms with Crippen LogP contribution in [0.5, 0.6) is 11.5 Å². The number of pyridine rings is 1. The van der Waals surface area contributed by atoms with Crippen molar-refractivity contribution >= 4 is 17.5 Å². The number of anilines is 2. The second-order valence-corrected chi connectivity index (χ2v) is 7.90. The van der Waals surface area contributed by atoms with Crippen molar-refractivity contribution in [2.24, 2.45) is 0 Å². The highest BCUT2D eigenvalue weighted by atomic mass is 16.5. The summed E-state index contributed by atoms with van der Waals surface area (Å²) in [4.78, 5) is 40.4. The predicted octanol–water partition coefficient (Wildman–Crippen LogP) is 4.02. The van der Waals surface area contributed by atoms with Crippen molar-refractivity contribution in [3.05, 3.63) is 111 Å². The molecule has 0 amide bonds. The normalized spacial score (nSPS) is 10.7. The molecule has 9 nitrogen and oxygen atoms in total. The molecule has 0 bridgehead atoms. The van der Waals surface area contributed by atoms with E-state index in [0.717, 1.165) is 11.1 Å². The van der Waals surface area contributed by atoms with E-state index < -0.39 is 11.7 Å². The number of rotatable bonds is 8. The van der Waals surface area contributed by atoms with E-state index in [1.807, 2.05) is 31.2 Å². The lowest BCUT2D eigenvalue weighted by Crippen LogP contribution is -2.40. The second kappa shape index (κ2) is 10.1. The molecule has 2 aromatic carbocycles. The Morgan fingerprint density at radius 3 is 2.34 bits per heavy atom. The van der Waals surface area contributed by atoms with Crippen LogP contribution in [0.1, 0.15) is 28.5 Å². The van der Waals surface area contributed by atoms with Gasteiger partial charge in [-0.25, -0.2) is 14.6 Å². The minimum Gasteiger partial charge on any atom is -0.477 e. The van der Waals surface area contributed by atoms with Gasteiger partial charge in [-0.05, 0) is 49.7 Å². The van der Waals surface area contributed by atoms with Gasteiger partial charge in [0.15, 0.2) is 5.69 Å². The highest BCUT2D eigenvalue weighted by Gasteiger charge is 2.12. The van der Waals surface area contributed by atoms with Gasteiger partial charge >= 0.3 is 11.7 Å². The maximum atomic E-state index is 13.1. The minimum absolute atomic E-state index is 0.117. The molecule has 9 heteroatoms. The largest absolute Gasteiger partial charge is 0.477 e. The van der Waals surface area contributed by atoms with E-state index >= 15 is 0 Å². The van der Waals surface area contributed by atoms with Gasteiger partial charge in [0.25, 0.3) is 5.56 Å². The molecule has 0 unspecified atom stereocenters. The molecule has 0 saturated heterocycles. The van der Waals surface area contributed by atoms with Gasteiger partial charge in [-0.3, -0.25) is 13.9 Å². The monoisotopic (exact) mass is 472 g/mol. The second-order valence-electron chi connectivity index (χ2n) is 7.90. The van der Waals surface area contributed by atoms with Crippen LogP contribution < -0.4 is 21.3 Å². The summed E-state index contributed by atoms with van der Waals surface area (Å²) in [6.45, 7) is 4.33. The molecular weight excluding hydrogens is 448 g/mol. The summed E-state index contributed by atoms with van der Waals surface area (Å²) in [5.41, 5.74) is 1.80. The fraction of sp³-hybridized carbons (Fsp3) is 0.154. The fourth-order valence-electron chi connectivity index (χ4n) is 3.52. The molecule has 0 aliphatic heterocycles. The van der Waals surface area contributed by atoms with E-state index in [1.54, 1.807) is 37.3 Å². The first-order chi connectivity index (χ1) is 16.8. The molecule has 35 heavy (non-hydrogen) atoms. The van der Waals surface area contributed by atoms with Gasteiger partial charge in [0.05, 0.1) is 6.54 Å². The Hall–Kier alpha value is -4.66. The van der Waals surface area contributed by atoms with Crippen molar-refractivity contribution in [2.75, 3.05) is 5.32 Å². The third kappa shape index (κ3) is 5.47. The molecule has 4 aromatic rings. The summed E-state index contributed by atoms with van der Waals surface area (Å²) in [5.74, 6) is 0.0561. The number of benzene rings is 2. The standard InChI is InChI=1S/C26H24N4O5/c1-3-29-24(31)15-23(30(26(29)34)16-18-6-4-17(2)5-7-18)28-19-8-10-20(11-9-19)35-21-12-13-27-22(14-21)25(32)33/h4-15,28H,3,16H2,1-2H3,(H,32,33). The number of aromatic carboxylic acids is 1. The van der Waals surface area contributed by atoms with Crippen molar-refractivity contribution in [2.45, 2.75) is 26.9 Å². The van der Waals surface area contributed by atoms with Crippen LogP contribution in [0.2, 0.25) is 0 Å². The zero-order chi connectivity index (χ0) is 24.9. The van der Waals surface area contributed by atoms with Crippen LogP contribution >= 0.6 is 0 Å². The van der Waals surface area contributed by atoms with Gasteiger partial charge in [0.2, 0.25) is 0 Å². The first-order valence-corrected chi connectivity index (χ1v) is 11.0. The number of nitrogens with zero attached hydrogens (tertiary/aromatic N) is 3. The lowest BCUT2D eigenvalue weighted by molar-refractivity contribution is 0.0690. The van der Waals surface area contributed by atoms with Gasteiger partial charge in [-0.2, -0.15) is 0 Å². The van der Waals surface area contributed by atoms with E-state index in [0.29, 0.717) is 29.5 Å². The summed E-state index contributed by atoms with van der Waals surface area (Å²) < 4.78 is 8.44. The van der Waals surface area contributed by atoms with Crippen LogP contribution in [0.25, 0.3) is 0 Å². The Bertz CT molecular complexity index is 1470. The van der Waals surface area contributed by atoms with E-state index in [2.05, 4.69) is 10.3 Å². The molecule has 0 radical (unpaired) electrons. The zero-order valence-corrected chi connectivity index (χ0v) is 19.3. The van der Waals surface area contributed by atoms with Crippen LogP contribution in [-0.4, -0.2) is 25.2 Å². The molecule has 0 fully saturated rings. The number of nitrogens with one attached hydrogen (secondary N) is 1. The van der Waals surface area contributed by atoms with Gasteiger partial charge in [0, 0.05) is 30.6 Å². The molecule has 4 rings (SSSR count). The van der Waals surface area contributed by atoms with Crippen LogP contribution in [0.4, 0.5) is 11.5 Å². The Balaban J connectivity index is 1.60. The predicted molar refractivity (Wildman–Crippen MR) is 132 cm³/mol. The van der Waals surface area contributed by atoms with Crippen LogP contribution in [-0.2, 0) is 13.1 Å². The van der Waals surface area contributed by atoms with E-state index in [-0.39, 0.29) is 17.8 Å². The summed E-state index contributed by atoms with van der Waals surface area (Å²) in [7, 11) is 0. The molecule has 0 aliphatic rings. The van der Waals surface area contributed by atoms with Gasteiger partial charge in [-0.15, -0.1) is 0 Å². The maximum absolute atomic E-state index is 13.1. The maximum Gasteiger partial charge on any atom is 0.354 e. The Morgan fingerprint density at radius 2 is 1.69 bits per heavy atom. The van der Waals surface area contributed by atoms with Crippen LogP contribution in [0, 0.1) is 6.92 Å². The first-order valence-electron chi connectivity index (χ1n) is 11.0. The third-order valence-corrected chi connectivity index (χ3v) is 5.37. The Kier molecular flexibility index (Phi) is 6.77. The molecule has 0 atom stereocenters. The molecule has 178 valence electrons. The number of aromatic nitrogens is 3. The van der Waals surface area contributed by atoms with Crippen molar-refractivity contribution in [3.63, 3.8) is 0 Å². The van der Waals surface area contributed by atoms with Gasteiger partial charge < -0.3 is 15.2 Å². The number of carbonyl (C=O) groups is 1. The van der Waals surface area contributed by atoms with E-state index in [9.17, 15) is 14.4 Å². The quantitative estimate of drug-likeness (QED) is 0.398. The first kappa shape index (κ1) is 23.5. The number of ether oxygens (including phenoxy) is 1. The number of aryl methyl sites for hydroxylation is 1. The molecule has 0 aliphatic carbocycles. The van der Waals surface area contributed by atoms with Crippen molar-refractivity contribution in [1.82, 2.24) is 14.1 Å². The Labute approximate surface area is 200 Å². The number of hydrogen-bond acceptors (Lipinski definition) is 6. The zero-order valence-electron chi connectivity index (χ0n) is 19.3. The highest BCUT2D eigenvalue weighted by molar-refractivity contribution is 5.85. The van der Waals surface area contributed by atoms with Crippen LogP contribution in [0.3, 0.4) is 0 Å². The molecule has 2 aromatic heterocycles. The van der Waals surface area contributed by atoms with Crippen molar-refractivity contribution in [3.8, 4) is 11.5 Å².